The van der Waals surface area contributed by atoms with Gasteiger partial charge >= 0.3 is 12.1 Å². The van der Waals surface area contributed by atoms with Gasteiger partial charge in [0, 0.05) is 197 Å². The zero-order chi connectivity index (χ0) is 95.9. The van der Waals surface area contributed by atoms with E-state index in [4.69, 9.17) is 59.4 Å². The number of allylic oxidation sites excluding steroid dienone is 6. The molecular formula is C99H124N20O17. The molecule has 1 aliphatic carbocycles. The number of Topliss-reactive ketones (excluding diaryl/α,β-unsaturated/α-hetero) is 3. The van der Waals surface area contributed by atoms with Crippen LogP contribution in [-0.4, -0.2) is 279 Å². The van der Waals surface area contributed by atoms with Crippen molar-refractivity contribution in [2.45, 2.75) is 213 Å². The summed E-state index contributed by atoms with van der Waals surface area (Å²) < 4.78 is 44.0. The number of methoxy groups -OCH3 is 3. The van der Waals surface area contributed by atoms with Gasteiger partial charge in [-0.05, 0) is 136 Å². The van der Waals surface area contributed by atoms with Crippen molar-refractivity contribution in [3.8, 4) is 11.3 Å². The smallest absolute Gasteiger partial charge is 0.410 e. The number of carbonyl (C=O) groups excluding carboxylic acids is 8. The Labute approximate surface area is 789 Å². The first kappa shape index (κ1) is 96.7. The van der Waals surface area contributed by atoms with Crippen molar-refractivity contribution in [2.24, 2.45) is 35.5 Å². The van der Waals surface area contributed by atoms with E-state index in [0.29, 0.717) is 218 Å². The molecule has 2 bridgehead atoms. The third-order valence-corrected chi connectivity index (χ3v) is 28.5. The lowest BCUT2D eigenvalue weighted by atomic mass is 9.78. The zero-order valence-corrected chi connectivity index (χ0v) is 79.0. The van der Waals surface area contributed by atoms with Gasteiger partial charge in [-0.15, -0.1) is 0 Å². The van der Waals surface area contributed by atoms with E-state index in [9.17, 15) is 48.6 Å². The van der Waals surface area contributed by atoms with Crippen LogP contribution in [0.25, 0.3) is 33.4 Å². The Hall–Kier alpha value is -12.4. The van der Waals surface area contributed by atoms with Crippen LogP contribution in [0.4, 0.5) is 34.3 Å². The third kappa shape index (κ3) is 21.5. The molecule has 6 N–H and O–H groups in total. The number of anilines is 5. The number of esters is 1. The van der Waals surface area contributed by atoms with Gasteiger partial charge in [0.1, 0.15) is 54.1 Å². The number of hydrogen-bond acceptors (Lipinski definition) is 32. The first-order valence-corrected chi connectivity index (χ1v) is 47.5. The molecule has 14 heterocycles. The van der Waals surface area contributed by atoms with Crippen molar-refractivity contribution < 1.29 is 81.4 Å². The van der Waals surface area contributed by atoms with Crippen LogP contribution in [0.1, 0.15) is 174 Å². The highest BCUT2D eigenvalue weighted by Crippen LogP contribution is 2.41. The molecule has 15 atom stereocenters. The van der Waals surface area contributed by atoms with Gasteiger partial charge in [-0.3, -0.25) is 28.8 Å². The van der Waals surface area contributed by atoms with E-state index < -0.39 is 102 Å². The molecule has 37 heteroatoms. The van der Waals surface area contributed by atoms with Crippen LogP contribution in [0, 0.1) is 35.5 Å². The van der Waals surface area contributed by atoms with Crippen LogP contribution in [-0.2, 0) is 84.9 Å². The monoisotopic (exact) mass is 1860 g/mol. The summed E-state index contributed by atoms with van der Waals surface area (Å²) in [7, 11) is 4.52. The molecule has 722 valence electrons. The Morgan fingerprint density at radius 2 is 1.35 bits per heavy atom. The number of ether oxygens (including phenoxy) is 6. The van der Waals surface area contributed by atoms with Gasteiger partial charge in [0.2, 0.25) is 29.3 Å². The Morgan fingerprint density at radius 3 is 2.06 bits per heavy atom. The van der Waals surface area contributed by atoms with Gasteiger partial charge < -0.3 is 88.8 Å². The summed E-state index contributed by atoms with van der Waals surface area (Å²) >= 11 is 0. The maximum Gasteiger partial charge on any atom is 0.410 e. The fourth-order valence-corrected chi connectivity index (χ4v) is 20.3. The van der Waals surface area contributed by atoms with Crippen LogP contribution in [0.5, 0.6) is 0 Å². The second-order valence-corrected chi connectivity index (χ2v) is 37.9. The molecule has 4 amide bonds. The predicted octanol–water partition coefficient (Wildman–Crippen LogP) is 9.40. The number of piperazine rings is 2. The Balaban J connectivity index is 0.487. The Morgan fingerprint density at radius 1 is 0.654 bits per heavy atom. The van der Waals surface area contributed by atoms with Crippen molar-refractivity contribution in [3.63, 3.8) is 0 Å². The fraction of sp³-hybridized carbons (Fsp3) is 0.535. The number of ketones is 3. The lowest BCUT2D eigenvalue weighted by Gasteiger charge is -2.42. The van der Waals surface area contributed by atoms with Crippen LogP contribution in [0.2, 0.25) is 0 Å². The molecule has 0 spiro atoms. The van der Waals surface area contributed by atoms with Crippen LogP contribution in [0.15, 0.2) is 126 Å². The number of fused-ring (bicyclic) bond motifs is 7. The van der Waals surface area contributed by atoms with Crippen molar-refractivity contribution in [1.82, 2.24) is 74.2 Å². The first-order valence-electron chi connectivity index (χ1n) is 47.5. The van der Waals surface area contributed by atoms with E-state index in [1.807, 2.05) is 77.8 Å². The molecular weight excluding hydrogens is 1740 g/mol. The van der Waals surface area contributed by atoms with Gasteiger partial charge in [0.25, 0.3) is 23.5 Å². The molecule has 1 saturated carbocycles. The number of aromatic nitrogens is 11. The number of carbonyl (C=O) groups is 8. The second-order valence-electron chi connectivity index (χ2n) is 37.9. The number of cyclic esters (lactones) is 1. The number of amides is 4. The third-order valence-electron chi connectivity index (χ3n) is 28.5. The molecule has 7 aliphatic heterocycles. The molecule has 7 aromatic heterocycles. The van der Waals surface area contributed by atoms with Gasteiger partial charge in [-0.25, -0.2) is 59.1 Å². The molecule has 8 aliphatic rings. The normalized spacial score (nSPS) is 27.8. The number of nitrogen functional groups attached to an aromatic ring is 2. The number of aliphatic hydroxyl groups excluding tert-OH is 1. The van der Waals surface area contributed by atoms with E-state index >= 15 is 0 Å². The summed E-state index contributed by atoms with van der Waals surface area (Å²) in [6.07, 6.45) is 21.6. The summed E-state index contributed by atoms with van der Waals surface area (Å²) in [5, 5.41) is 30.2. The number of benzene rings is 1. The molecule has 5 fully saturated rings. The number of rotatable bonds is 15. The largest absolute Gasteiger partial charge is 0.460 e. The number of pyridine rings is 1. The van der Waals surface area contributed by atoms with Crippen molar-refractivity contribution in [3.05, 3.63) is 161 Å². The summed E-state index contributed by atoms with van der Waals surface area (Å²) in [5.74, 6) is -6.99. The lowest BCUT2D eigenvalue weighted by molar-refractivity contribution is -0.265. The topological polar surface area (TPSA) is 454 Å². The molecule has 136 heavy (non-hydrogen) atoms. The molecule has 4 saturated heterocycles. The van der Waals surface area contributed by atoms with E-state index in [0.717, 1.165) is 38.9 Å². The number of nitrogens with two attached hydrogens (primary N) is 2. The van der Waals surface area contributed by atoms with Crippen molar-refractivity contribution in [2.75, 3.05) is 119 Å². The Kier molecular flexibility index (Phi) is 30.2. The van der Waals surface area contributed by atoms with E-state index in [-0.39, 0.29) is 73.5 Å². The molecule has 8 aromatic rings. The molecule has 0 radical (unpaired) electrons. The lowest BCUT2D eigenvalue weighted by Crippen LogP contribution is -2.61. The van der Waals surface area contributed by atoms with Crippen molar-refractivity contribution >= 4 is 98.8 Å². The number of piperidine rings is 1. The average molecular weight is 1870 g/mol. The van der Waals surface area contributed by atoms with Crippen LogP contribution >= 0.6 is 0 Å². The van der Waals surface area contributed by atoms with Gasteiger partial charge in [0.15, 0.2) is 17.3 Å². The Bertz CT molecular complexity index is 5850. The highest BCUT2D eigenvalue weighted by molar-refractivity contribution is 6.39. The first-order chi connectivity index (χ1) is 65.5. The SMILES string of the molecule is CO[C@H]1C[C@@H]2CC[C@@H](C)[C@@](O)(O2)C(=O)C(=O)N2CCCC[C@H]2C(=O)O[C@H]([C@H](C)C[C@@H]2CC[C@@H](OC(=O)N3CCc4nc(N5CCN(c6ncc(C(=O)N7CCN(c8ncc(C(=O)N9CCc%10cc(Cn%11nc(-c%12cnc%13oc(N)cc%13c%12)c%12c(N)ncnc%12%11)ccc%10C9)cn8)CC7)cn6)CC5)ncc4C3)[C@H](OC)C2)CC(=O)[C@H](C)/C=C(\C)[C@@H](O)[C@@H](OC)C(=O)[C@H](C)C[C@H](C)/C=C/C=C/C=C/1C. The predicted molar refractivity (Wildman–Crippen MR) is 503 cm³/mol. The summed E-state index contributed by atoms with van der Waals surface area (Å²) in [6, 6.07) is 8.63. The minimum Gasteiger partial charge on any atom is -0.460 e. The van der Waals surface area contributed by atoms with Crippen LogP contribution < -0.4 is 26.2 Å². The van der Waals surface area contributed by atoms with E-state index in [1.165, 1.54) is 18.3 Å². The molecule has 0 unspecified atom stereocenters. The zero-order valence-electron chi connectivity index (χ0n) is 79.0. The number of furan rings is 1. The minimum atomic E-state index is -2.49. The molecule has 1 aromatic carbocycles. The maximum absolute atomic E-state index is 14.9. The fourth-order valence-electron chi connectivity index (χ4n) is 20.3. The van der Waals surface area contributed by atoms with Crippen LogP contribution in [0.3, 0.4) is 0 Å². The maximum atomic E-state index is 14.9. The quantitative estimate of drug-likeness (QED) is 0.0421. The molecule has 16 rings (SSSR count). The highest BCUT2D eigenvalue weighted by Gasteiger charge is 2.54. The summed E-state index contributed by atoms with van der Waals surface area (Å²) in [6.45, 7) is 18.7. The van der Waals surface area contributed by atoms with Gasteiger partial charge in [-0.1, -0.05) is 89.3 Å². The number of hydrogen-bond donors (Lipinski definition) is 4. The second kappa shape index (κ2) is 42.5. The summed E-state index contributed by atoms with van der Waals surface area (Å²) in [5.41, 5.74) is 21.4. The minimum absolute atomic E-state index is 0.0262. The van der Waals surface area contributed by atoms with E-state index in [2.05, 4.69) is 56.8 Å². The van der Waals surface area contributed by atoms with Crippen molar-refractivity contribution in [1.29, 1.82) is 0 Å². The highest BCUT2D eigenvalue weighted by atomic mass is 16.6. The number of aliphatic hydroxyl groups is 2. The van der Waals surface area contributed by atoms with Gasteiger partial charge in [-0.2, -0.15) is 5.10 Å². The standard InChI is InChI=1S/C99H124N20O17/c1-57-16-12-11-13-17-58(2)78(130-8)45-73-23-19-63(7)99(129,136-73)87(123)93(126)118-27-15-14-18-75(118)94(127)133-79(46-76(120)59(3)39-62(6)85(122)86(132-10)84(121)61(5)38-57)60(4)40-64-21-24-77(80(42-64)131-9)134-98(128)117-29-26-74-72(55-117)52-107-97(110-74)115-36-34-114(35-37-115)96-103-48-70(49-104-96)91(124)112-30-32-113(33-31-112)95-105-50-71(51-106-95)92(125)116-28-25-66-41-65(20-22-67(66)54-116)53-119-89-82(88(101)108-56-109-89)83(111-119)69-43-68-44-81(100)135-90(68)102-47-69/h11-13,16-17,20,22,39,41,43-44,47-52,56-57,59-61,63-64,73,75,77-80,85-86,122,129H,14-15,18-19,21,23-38,40,42,45-46,53-55,100H2,1-10H3,(H2,101,108,109)/b13-11+,16-12+,58-17+,62-39+/t57-,59-,60-,61-,63-,64+,73+,75+,77-,78+,79+,80-,85-,86+,99-/m1/s1. The summed E-state index contributed by atoms with van der Waals surface area (Å²) in [4.78, 5) is 169. The van der Waals surface area contributed by atoms with E-state index in [1.54, 1.807) is 101 Å². The molecule has 37 nitrogen and oxygen atoms in total. The number of nitrogens with zero attached hydrogens (tertiary/aromatic N) is 18. The average Bonchev–Trinajstić information content (AvgIpc) is 1.40. The van der Waals surface area contributed by atoms with Gasteiger partial charge in [0.05, 0.1) is 53.6 Å².